The van der Waals surface area contributed by atoms with Crippen molar-refractivity contribution in [2.45, 2.75) is 33.1 Å². The molecule has 0 spiro atoms. The van der Waals surface area contributed by atoms with E-state index in [1.807, 2.05) is 19.1 Å². The highest BCUT2D eigenvalue weighted by molar-refractivity contribution is 6.04. The van der Waals surface area contributed by atoms with Gasteiger partial charge in [0.1, 0.15) is 5.82 Å². The highest BCUT2D eigenvalue weighted by Crippen LogP contribution is 2.20. The second-order valence-electron chi connectivity index (χ2n) is 8.09. The number of nitrogens with one attached hydrogen (secondary N) is 2. The molecule has 0 saturated carbocycles. The van der Waals surface area contributed by atoms with Crippen molar-refractivity contribution < 1.29 is 14.0 Å². The summed E-state index contributed by atoms with van der Waals surface area (Å²) in [5.41, 5.74) is 3.79. The minimum atomic E-state index is -0.362. The Morgan fingerprint density at radius 3 is 1.90 bits per heavy atom. The number of hydrogen-bond donors (Lipinski definition) is 2. The van der Waals surface area contributed by atoms with Crippen LogP contribution in [-0.2, 0) is 11.2 Å². The minimum Gasteiger partial charge on any atom is -0.326 e. The molecule has 160 valence electrons. The predicted molar refractivity (Wildman–Crippen MR) is 123 cm³/mol. The van der Waals surface area contributed by atoms with Crippen LogP contribution >= 0.6 is 0 Å². The van der Waals surface area contributed by atoms with Gasteiger partial charge in [-0.15, -0.1) is 0 Å². The molecule has 31 heavy (non-hydrogen) atoms. The van der Waals surface area contributed by atoms with E-state index in [1.54, 1.807) is 24.3 Å². The molecule has 0 bridgehead atoms. The maximum absolute atomic E-state index is 13.0. The molecule has 0 unspecified atom stereocenters. The monoisotopic (exact) mass is 418 g/mol. The molecule has 0 fully saturated rings. The molecule has 5 heteroatoms. The summed E-state index contributed by atoms with van der Waals surface area (Å²) in [6, 6.07) is 20.4. The van der Waals surface area contributed by atoms with Crippen LogP contribution in [0, 0.1) is 11.7 Å². The molecule has 0 aromatic heterocycles. The molecule has 0 radical (unpaired) electrons. The number of benzene rings is 3. The van der Waals surface area contributed by atoms with Gasteiger partial charge in [0, 0.05) is 16.9 Å². The van der Waals surface area contributed by atoms with Gasteiger partial charge < -0.3 is 10.6 Å². The fourth-order valence-electron chi connectivity index (χ4n) is 3.26. The molecule has 0 aliphatic carbocycles. The van der Waals surface area contributed by atoms with E-state index < -0.39 is 0 Å². The molecule has 4 nitrogen and oxygen atoms in total. The number of anilines is 2. The lowest BCUT2D eigenvalue weighted by molar-refractivity contribution is -0.117. The fraction of sp³-hybridized carbons (Fsp3) is 0.231. The van der Waals surface area contributed by atoms with Crippen LogP contribution in [0.25, 0.3) is 0 Å². The third kappa shape index (κ3) is 6.25. The average Bonchev–Trinajstić information content (AvgIpc) is 2.75. The van der Waals surface area contributed by atoms with Gasteiger partial charge in [0.2, 0.25) is 5.91 Å². The van der Waals surface area contributed by atoms with E-state index in [2.05, 4.69) is 36.6 Å². The smallest absolute Gasteiger partial charge is 0.255 e. The average molecular weight is 419 g/mol. The zero-order valence-corrected chi connectivity index (χ0v) is 18.0. The molecule has 3 aromatic rings. The maximum Gasteiger partial charge on any atom is 0.255 e. The van der Waals surface area contributed by atoms with E-state index in [0.717, 1.165) is 12.0 Å². The van der Waals surface area contributed by atoms with Gasteiger partial charge in [-0.2, -0.15) is 0 Å². The van der Waals surface area contributed by atoms with Gasteiger partial charge in [0.05, 0.1) is 5.92 Å². The fourth-order valence-corrected chi connectivity index (χ4v) is 3.26. The van der Waals surface area contributed by atoms with Crippen LogP contribution in [0.5, 0.6) is 0 Å². The van der Waals surface area contributed by atoms with Gasteiger partial charge in [-0.1, -0.05) is 38.1 Å². The van der Waals surface area contributed by atoms with E-state index in [0.29, 0.717) is 22.9 Å². The van der Waals surface area contributed by atoms with Crippen LogP contribution in [0.3, 0.4) is 0 Å². The molecule has 2 amide bonds. The van der Waals surface area contributed by atoms with Crippen molar-refractivity contribution in [3.63, 3.8) is 0 Å². The Bertz CT molecular complexity index is 1030. The number of carbonyl (C=O) groups excluding carboxylic acids is 2. The molecule has 1 atom stereocenters. The third-order valence-electron chi connectivity index (χ3n) is 5.03. The lowest BCUT2D eigenvalue weighted by Crippen LogP contribution is -2.19. The van der Waals surface area contributed by atoms with Crippen LogP contribution in [-0.4, -0.2) is 11.8 Å². The first-order valence-corrected chi connectivity index (χ1v) is 10.4. The van der Waals surface area contributed by atoms with Crippen molar-refractivity contribution in [3.05, 3.63) is 95.3 Å². The Balaban J connectivity index is 1.58. The molecule has 3 rings (SSSR count). The highest BCUT2D eigenvalue weighted by Gasteiger charge is 2.16. The molecular formula is C26H27FN2O2. The normalized spacial score (nSPS) is 11.8. The molecular weight excluding hydrogens is 391 g/mol. The Morgan fingerprint density at radius 2 is 1.32 bits per heavy atom. The summed E-state index contributed by atoms with van der Waals surface area (Å²) >= 11 is 0. The largest absolute Gasteiger partial charge is 0.326 e. The van der Waals surface area contributed by atoms with E-state index in [4.69, 9.17) is 0 Å². The Morgan fingerprint density at radius 1 is 0.774 bits per heavy atom. The van der Waals surface area contributed by atoms with Crippen LogP contribution in [0.1, 0.15) is 48.2 Å². The maximum atomic E-state index is 13.0. The first-order chi connectivity index (χ1) is 14.8. The summed E-state index contributed by atoms with van der Waals surface area (Å²) in [6.45, 7) is 6.24. The minimum absolute atomic E-state index is 0.111. The molecule has 2 N–H and O–H groups in total. The summed E-state index contributed by atoms with van der Waals surface area (Å²) in [5, 5.41) is 5.61. The van der Waals surface area contributed by atoms with Crippen LogP contribution in [0.2, 0.25) is 0 Å². The van der Waals surface area contributed by atoms with Gasteiger partial charge in [-0.25, -0.2) is 4.39 Å². The van der Waals surface area contributed by atoms with E-state index >= 15 is 0 Å². The zero-order chi connectivity index (χ0) is 22.4. The first-order valence-electron chi connectivity index (χ1n) is 10.4. The second-order valence-corrected chi connectivity index (χ2v) is 8.09. The summed E-state index contributed by atoms with van der Waals surface area (Å²) in [6.07, 6.45) is 1.02. The number of hydrogen-bond acceptors (Lipinski definition) is 2. The number of carbonyl (C=O) groups is 2. The Labute approximate surface area is 182 Å². The summed E-state index contributed by atoms with van der Waals surface area (Å²) < 4.78 is 13.0. The quantitative estimate of drug-likeness (QED) is 0.493. The predicted octanol–water partition coefficient (Wildman–Crippen LogP) is 6.02. The Kier molecular flexibility index (Phi) is 7.19. The van der Waals surface area contributed by atoms with Crippen molar-refractivity contribution in [1.29, 1.82) is 0 Å². The number of amides is 2. The topological polar surface area (TPSA) is 58.2 Å². The van der Waals surface area contributed by atoms with Crippen molar-refractivity contribution in [1.82, 2.24) is 0 Å². The highest BCUT2D eigenvalue weighted by atomic mass is 19.1. The summed E-state index contributed by atoms with van der Waals surface area (Å²) in [4.78, 5) is 25.0. The first kappa shape index (κ1) is 22.2. The van der Waals surface area contributed by atoms with Crippen LogP contribution in [0.15, 0.2) is 72.8 Å². The number of halogens is 1. The number of rotatable bonds is 7. The molecule has 0 saturated heterocycles. The van der Waals surface area contributed by atoms with Gasteiger partial charge in [-0.3, -0.25) is 9.59 Å². The lowest BCUT2D eigenvalue weighted by atomic mass is 9.96. The van der Waals surface area contributed by atoms with Gasteiger partial charge in [0.25, 0.3) is 5.91 Å². The zero-order valence-electron chi connectivity index (χ0n) is 18.0. The van der Waals surface area contributed by atoms with E-state index in [1.165, 1.54) is 29.8 Å². The van der Waals surface area contributed by atoms with Crippen molar-refractivity contribution in [2.75, 3.05) is 10.6 Å². The molecule has 0 aliphatic heterocycles. The van der Waals surface area contributed by atoms with E-state index in [-0.39, 0.29) is 23.5 Å². The van der Waals surface area contributed by atoms with E-state index in [9.17, 15) is 14.0 Å². The molecule has 3 aromatic carbocycles. The van der Waals surface area contributed by atoms with Crippen molar-refractivity contribution in [2.24, 2.45) is 5.92 Å². The molecule has 0 heterocycles. The standard InChI is InChI=1S/C26H27FN2O2/c1-17(2)16-19-4-6-20(7-5-19)18(3)25(30)28-23-12-8-21(9-13-23)26(31)29-24-14-10-22(27)11-15-24/h4-15,17-18H,16H2,1-3H3,(H,28,30)(H,29,31)/t18-/m1/s1. The SMILES string of the molecule is CC(C)Cc1ccc([C@@H](C)C(=O)Nc2ccc(C(=O)Nc3ccc(F)cc3)cc2)cc1. The van der Waals surface area contributed by atoms with Crippen LogP contribution < -0.4 is 10.6 Å². The summed E-state index contributed by atoms with van der Waals surface area (Å²) in [7, 11) is 0. The Hall–Kier alpha value is -3.47. The van der Waals surface area contributed by atoms with Gasteiger partial charge in [0.15, 0.2) is 0 Å². The molecule has 0 aliphatic rings. The third-order valence-corrected chi connectivity index (χ3v) is 5.03. The lowest BCUT2D eigenvalue weighted by Gasteiger charge is -2.14. The van der Waals surface area contributed by atoms with Crippen molar-refractivity contribution in [3.8, 4) is 0 Å². The summed E-state index contributed by atoms with van der Waals surface area (Å²) in [5.74, 6) is -0.486. The van der Waals surface area contributed by atoms with Gasteiger partial charge >= 0.3 is 0 Å². The van der Waals surface area contributed by atoms with Crippen molar-refractivity contribution >= 4 is 23.2 Å². The second kappa shape index (κ2) is 10.0. The van der Waals surface area contributed by atoms with Gasteiger partial charge in [-0.05, 0) is 78.9 Å². The van der Waals surface area contributed by atoms with Crippen LogP contribution in [0.4, 0.5) is 15.8 Å².